The van der Waals surface area contributed by atoms with Crippen LogP contribution >= 0.6 is 11.3 Å². The number of nitrogens with zero attached hydrogens (tertiary/aromatic N) is 3. The number of aliphatic hydroxyl groups excluding tert-OH is 1. The van der Waals surface area contributed by atoms with E-state index >= 15 is 0 Å². The van der Waals surface area contributed by atoms with Gasteiger partial charge < -0.3 is 10.0 Å². The molecule has 0 aliphatic heterocycles. The van der Waals surface area contributed by atoms with Gasteiger partial charge in [0.25, 0.3) is 0 Å². The molecular weight excluding hydrogens is 246 g/mol. The van der Waals surface area contributed by atoms with Crippen LogP contribution in [0.1, 0.15) is 17.5 Å². The minimum absolute atomic E-state index is 0.0754. The van der Waals surface area contributed by atoms with E-state index in [1.165, 1.54) is 4.88 Å². The van der Waals surface area contributed by atoms with Crippen LogP contribution in [0.15, 0.2) is 29.9 Å². The number of hydrogen-bond donors (Lipinski definition) is 1. The largest absolute Gasteiger partial charge is 0.390 e. The number of hydrogen-bond acceptors (Lipinski definition) is 5. The van der Waals surface area contributed by atoms with Crippen molar-refractivity contribution in [2.24, 2.45) is 0 Å². The van der Waals surface area contributed by atoms with Gasteiger partial charge in [0, 0.05) is 24.4 Å². The zero-order chi connectivity index (χ0) is 13.0. The zero-order valence-electron chi connectivity index (χ0n) is 10.6. The lowest BCUT2D eigenvalue weighted by Gasteiger charge is -2.25. The molecule has 2 aromatic heterocycles. The van der Waals surface area contributed by atoms with Crippen LogP contribution in [0.5, 0.6) is 0 Å². The normalized spacial score (nSPS) is 12.4. The second-order valence-electron chi connectivity index (χ2n) is 4.27. The molecule has 2 heterocycles. The Labute approximate surface area is 111 Å². The van der Waals surface area contributed by atoms with Gasteiger partial charge in [0.2, 0.25) is 0 Å². The summed E-state index contributed by atoms with van der Waals surface area (Å²) in [6, 6.07) is 4.55. The number of anilines is 1. The topological polar surface area (TPSA) is 49.2 Å². The fourth-order valence-corrected chi connectivity index (χ4v) is 2.55. The summed E-state index contributed by atoms with van der Waals surface area (Å²) in [5, 5.41) is 11.2. The molecule has 4 nitrogen and oxygen atoms in total. The summed E-state index contributed by atoms with van der Waals surface area (Å²) in [5.74, 6) is 0.797. The van der Waals surface area contributed by atoms with Crippen molar-refractivity contribution >= 4 is 17.2 Å². The van der Waals surface area contributed by atoms with Gasteiger partial charge in [-0.3, -0.25) is 4.98 Å². The quantitative estimate of drug-likeness (QED) is 0.897. The molecule has 0 aliphatic carbocycles. The van der Waals surface area contributed by atoms with Crippen LogP contribution in [0.4, 0.5) is 5.82 Å². The molecule has 1 N–H and O–H groups in total. The van der Waals surface area contributed by atoms with Gasteiger partial charge in [-0.25, -0.2) is 4.98 Å². The van der Waals surface area contributed by atoms with E-state index in [0.717, 1.165) is 12.2 Å². The smallest absolute Gasteiger partial charge is 0.147 e. The molecule has 1 atom stereocenters. The molecule has 0 aromatic carbocycles. The average molecular weight is 263 g/mol. The Balaban J connectivity index is 2.07. The number of thiophene rings is 1. The summed E-state index contributed by atoms with van der Waals surface area (Å²) in [6.45, 7) is 2.08. The molecule has 5 heteroatoms. The van der Waals surface area contributed by atoms with Crippen LogP contribution in [0, 0.1) is 0 Å². The molecule has 18 heavy (non-hydrogen) atoms. The van der Waals surface area contributed by atoms with Gasteiger partial charge in [-0.05, 0) is 18.4 Å². The Hall–Kier alpha value is -1.46. The highest BCUT2D eigenvalue weighted by Crippen LogP contribution is 2.17. The molecule has 0 fully saturated rings. The number of likely N-dealkylation sites (N-methyl/N-ethyl adjacent to an activating group) is 1. The molecule has 0 radical (unpaired) electrons. The van der Waals surface area contributed by atoms with Gasteiger partial charge in [0.05, 0.1) is 24.7 Å². The lowest BCUT2D eigenvalue weighted by Crippen LogP contribution is -2.31. The van der Waals surface area contributed by atoms with Crippen LogP contribution in [0.25, 0.3) is 0 Å². The predicted molar refractivity (Wildman–Crippen MR) is 73.8 cm³/mol. The van der Waals surface area contributed by atoms with Crippen molar-refractivity contribution < 1.29 is 5.11 Å². The van der Waals surface area contributed by atoms with E-state index in [1.54, 1.807) is 23.7 Å². The van der Waals surface area contributed by atoms with E-state index in [-0.39, 0.29) is 6.61 Å². The first kappa shape index (κ1) is 13.0. The SMILES string of the molecule is CC(Cc1cccs1)N(C)c1cncc(CO)n1. The van der Waals surface area contributed by atoms with E-state index in [2.05, 4.69) is 39.3 Å². The Bertz CT molecular complexity index is 487. The number of aliphatic hydroxyl groups is 1. The summed E-state index contributed by atoms with van der Waals surface area (Å²) in [6.07, 6.45) is 4.30. The molecule has 96 valence electrons. The second-order valence-corrected chi connectivity index (χ2v) is 5.30. The molecule has 0 saturated carbocycles. The third-order valence-electron chi connectivity index (χ3n) is 2.93. The summed E-state index contributed by atoms with van der Waals surface area (Å²) in [5.41, 5.74) is 0.600. The first-order chi connectivity index (χ1) is 8.70. The molecule has 2 rings (SSSR count). The Morgan fingerprint density at radius 3 is 2.94 bits per heavy atom. The minimum atomic E-state index is -0.0754. The first-order valence-electron chi connectivity index (χ1n) is 5.87. The molecule has 0 bridgehead atoms. The van der Waals surface area contributed by atoms with Gasteiger partial charge in [-0.15, -0.1) is 11.3 Å². The highest BCUT2D eigenvalue weighted by atomic mass is 32.1. The minimum Gasteiger partial charge on any atom is -0.390 e. The summed E-state index contributed by atoms with van der Waals surface area (Å²) in [4.78, 5) is 11.9. The fourth-order valence-electron chi connectivity index (χ4n) is 1.72. The lowest BCUT2D eigenvalue weighted by molar-refractivity contribution is 0.276. The predicted octanol–water partition coefficient (Wildman–Crippen LogP) is 2.10. The van der Waals surface area contributed by atoms with E-state index in [0.29, 0.717) is 11.7 Å². The molecule has 0 aliphatic rings. The Kier molecular flexibility index (Phi) is 4.28. The van der Waals surface area contributed by atoms with Gasteiger partial charge >= 0.3 is 0 Å². The van der Waals surface area contributed by atoms with Crippen LogP contribution in [-0.2, 0) is 13.0 Å². The van der Waals surface area contributed by atoms with Gasteiger partial charge in [0.1, 0.15) is 5.82 Å². The number of aromatic nitrogens is 2. The van der Waals surface area contributed by atoms with Crippen molar-refractivity contribution in [1.29, 1.82) is 0 Å². The summed E-state index contributed by atoms with van der Waals surface area (Å²) < 4.78 is 0. The fraction of sp³-hybridized carbons (Fsp3) is 0.385. The lowest BCUT2D eigenvalue weighted by atomic mass is 10.2. The molecule has 0 saturated heterocycles. The maximum absolute atomic E-state index is 9.07. The van der Waals surface area contributed by atoms with Crippen molar-refractivity contribution in [2.75, 3.05) is 11.9 Å². The monoisotopic (exact) mass is 263 g/mol. The summed E-state index contributed by atoms with van der Waals surface area (Å²) >= 11 is 1.77. The third-order valence-corrected chi connectivity index (χ3v) is 3.83. The van der Waals surface area contributed by atoms with Crippen molar-refractivity contribution in [3.63, 3.8) is 0 Å². The zero-order valence-corrected chi connectivity index (χ0v) is 11.4. The average Bonchev–Trinajstić information content (AvgIpc) is 2.90. The maximum atomic E-state index is 9.07. The highest BCUT2D eigenvalue weighted by Gasteiger charge is 2.13. The third kappa shape index (κ3) is 3.05. The van der Waals surface area contributed by atoms with Crippen molar-refractivity contribution in [2.45, 2.75) is 26.0 Å². The Morgan fingerprint density at radius 2 is 2.28 bits per heavy atom. The molecule has 1 unspecified atom stereocenters. The van der Waals surface area contributed by atoms with Gasteiger partial charge in [0.15, 0.2) is 0 Å². The van der Waals surface area contributed by atoms with Crippen molar-refractivity contribution in [3.8, 4) is 0 Å². The van der Waals surface area contributed by atoms with E-state index in [9.17, 15) is 0 Å². The van der Waals surface area contributed by atoms with Crippen LogP contribution in [0.2, 0.25) is 0 Å². The summed E-state index contributed by atoms with van der Waals surface area (Å²) in [7, 11) is 2.00. The van der Waals surface area contributed by atoms with E-state index < -0.39 is 0 Å². The molecule has 0 amide bonds. The first-order valence-corrected chi connectivity index (χ1v) is 6.75. The molecular formula is C13H17N3OS. The van der Waals surface area contributed by atoms with E-state index in [4.69, 9.17) is 5.11 Å². The van der Waals surface area contributed by atoms with Crippen LogP contribution < -0.4 is 4.90 Å². The van der Waals surface area contributed by atoms with Crippen molar-refractivity contribution in [3.05, 3.63) is 40.5 Å². The standard InChI is InChI=1S/C13H17N3OS/c1-10(6-12-4-3-5-18-12)16(2)13-8-14-7-11(9-17)15-13/h3-5,7-8,10,17H,6,9H2,1-2H3. The van der Waals surface area contributed by atoms with E-state index in [1.807, 2.05) is 7.05 Å². The maximum Gasteiger partial charge on any atom is 0.147 e. The molecule has 0 spiro atoms. The van der Waals surface area contributed by atoms with Crippen LogP contribution in [0.3, 0.4) is 0 Å². The van der Waals surface area contributed by atoms with Gasteiger partial charge in [-0.1, -0.05) is 6.07 Å². The Morgan fingerprint density at radius 1 is 1.44 bits per heavy atom. The molecule has 2 aromatic rings. The van der Waals surface area contributed by atoms with Crippen molar-refractivity contribution in [1.82, 2.24) is 9.97 Å². The second kappa shape index (κ2) is 5.93. The number of rotatable bonds is 5. The highest BCUT2D eigenvalue weighted by molar-refractivity contribution is 7.09. The van der Waals surface area contributed by atoms with Crippen LogP contribution in [-0.4, -0.2) is 28.2 Å². The van der Waals surface area contributed by atoms with Gasteiger partial charge in [-0.2, -0.15) is 0 Å².